The molecule has 258 valence electrons. The summed E-state index contributed by atoms with van der Waals surface area (Å²) in [6.07, 6.45) is -1.50. The molecule has 2 fully saturated rings. The lowest BCUT2D eigenvalue weighted by atomic mass is 9.49. The number of para-hydroxylation sites is 2. The topological polar surface area (TPSA) is 61.8 Å². The number of hydrogen-bond acceptors (Lipinski definition) is 5. The van der Waals surface area contributed by atoms with Crippen LogP contribution in [-0.4, -0.2) is 18.4 Å². The molecule has 1 aliphatic heterocycles. The zero-order valence-corrected chi connectivity index (χ0v) is 29.0. The standard InChI is InChI=1S/C49H32O5/c50-49-53-47-41-31-21-9-10-22-32(31)42(48(47)54-49)44-40(46-38(28-17-5-2-6-18-28)34-24-12-14-26-36(34)52-46)30-20-8-7-19-29(30)39(43(41)44)45-37(27-15-3-1-4-16-27)33-23-11-13-25-35(33)51-45/h1-26,41-44,47-48H. The number of fused-ring (bicyclic) bond motifs is 3. The molecule has 5 heteroatoms. The second-order valence-corrected chi connectivity index (χ2v) is 14.9. The number of rotatable bonds is 4. The third-order valence-electron chi connectivity index (χ3n) is 12.4. The Bertz CT molecular complexity index is 2750. The number of hydrogen-bond donors (Lipinski definition) is 0. The van der Waals surface area contributed by atoms with Crippen LogP contribution in [0.15, 0.2) is 167 Å². The van der Waals surface area contributed by atoms with Gasteiger partial charge in [0.1, 0.15) is 22.7 Å². The molecule has 5 nitrogen and oxygen atoms in total. The Hall–Kier alpha value is -6.59. The number of carbonyl (C=O) groups is 1. The molecule has 2 bridgehead atoms. The van der Waals surface area contributed by atoms with Gasteiger partial charge in [0.25, 0.3) is 0 Å². The molecule has 6 aromatic carbocycles. The first-order valence-electron chi connectivity index (χ1n) is 18.7. The first kappa shape index (κ1) is 29.9. The van der Waals surface area contributed by atoms with Gasteiger partial charge in [-0.25, -0.2) is 4.79 Å². The Kier molecular flexibility index (Phi) is 6.21. The fourth-order valence-corrected chi connectivity index (χ4v) is 10.5. The van der Waals surface area contributed by atoms with E-state index >= 15 is 0 Å². The highest BCUT2D eigenvalue weighted by molar-refractivity contribution is 6.03. The van der Waals surface area contributed by atoms with Gasteiger partial charge in [-0.3, -0.25) is 0 Å². The minimum absolute atomic E-state index is 0.148. The molecule has 6 atom stereocenters. The van der Waals surface area contributed by atoms with Crippen LogP contribution in [0.4, 0.5) is 4.79 Å². The molecule has 13 rings (SSSR count). The van der Waals surface area contributed by atoms with Crippen LogP contribution in [0.5, 0.6) is 0 Å². The fourth-order valence-electron chi connectivity index (χ4n) is 10.5. The number of furan rings is 2. The zero-order valence-electron chi connectivity index (χ0n) is 29.0. The molecule has 3 heterocycles. The zero-order chi connectivity index (χ0) is 35.5. The fraction of sp³-hybridized carbons (Fsp3) is 0.122. The molecular weight excluding hydrogens is 669 g/mol. The van der Waals surface area contributed by atoms with Gasteiger partial charge in [0.2, 0.25) is 0 Å². The number of ether oxygens (including phenoxy) is 2. The third-order valence-corrected chi connectivity index (χ3v) is 12.4. The molecule has 0 amide bonds. The summed E-state index contributed by atoms with van der Waals surface area (Å²) in [5.74, 6) is 1.00. The van der Waals surface area contributed by atoms with Crippen molar-refractivity contribution in [2.45, 2.75) is 24.0 Å². The van der Waals surface area contributed by atoms with E-state index in [0.717, 1.165) is 77.3 Å². The van der Waals surface area contributed by atoms with Gasteiger partial charge in [-0.05, 0) is 44.8 Å². The predicted octanol–water partition coefficient (Wildman–Crippen LogP) is 9.96. The maximum Gasteiger partial charge on any atom is 0.509 e. The highest BCUT2D eigenvalue weighted by Crippen LogP contribution is 2.65. The molecule has 2 aromatic heterocycles. The Balaban J connectivity index is 1.27. The van der Waals surface area contributed by atoms with Crippen molar-refractivity contribution in [3.63, 3.8) is 0 Å². The van der Waals surface area contributed by atoms with E-state index in [9.17, 15) is 4.79 Å². The van der Waals surface area contributed by atoms with Gasteiger partial charge in [-0.1, -0.05) is 146 Å². The second-order valence-electron chi connectivity index (χ2n) is 14.9. The SMILES string of the molecule is O=C1OC2C(O1)C1c3ccccc3C2C2C(c3oc4ccccc4c3-c3ccccc3)=c3ccccc3=C(c3oc4ccccc4c3-c3ccccc3)C21. The van der Waals surface area contributed by atoms with Crippen molar-refractivity contribution in [2.24, 2.45) is 11.8 Å². The molecule has 54 heavy (non-hydrogen) atoms. The third kappa shape index (κ3) is 4.01. The lowest BCUT2D eigenvalue weighted by molar-refractivity contribution is 0.0177. The van der Waals surface area contributed by atoms with Crippen molar-refractivity contribution in [1.82, 2.24) is 0 Å². The maximum absolute atomic E-state index is 13.2. The van der Waals surface area contributed by atoms with Crippen molar-refractivity contribution in [2.75, 3.05) is 0 Å². The average molecular weight is 701 g/mol. The van der Waals surface area contributed by atoms with Gasteiger partial charge in [0, 0.05) is 56.7 Å². The lowest BCUT2D eigenvalue weighted by Gasteiger charge is -2.55. The summed E-state index contributed by atoms with van der Waals surface area (Å²) < 4.78 is 26.6. The summed E-state index contributed by atoms with van der Waals surface area (Å²) >= 11 is 0. The smallest absolute Gasteiger partial charge is 0.456 e. The summed E-state index contributed by atoms with van der Waals surface area (Å²) in [7, 11) is 0. The quantitative estimate of drug-likeness (QED) is 0.171. The maximum atomic E-state index is 13.2. The van der Waals surface area contributed by atoms with E-state index in [1.54, 1.807) is 0 Å². The van der Waals surface area contributed by atoms with Crippen molar-refractivity contribution in [1.29, 1.82) is 0 Å². The number of benzene rings is 6. The van der Waals surface area contributed by atoms with Gasteiger partial charge < -0.3 is 18.3 Å². The normalized spacial score (nSPS) is 23.4. The van der Waals surface area contributed by atoms with Gasteiger partial charge in [0.15, 0.2) is 12.2 Å². The largest absolute Gasteiger partial charge is 0.509 e. The second kappa shape index (κ2) is 11.2. The van der Waals surface area contributed by atoms with Crippen LogP contribution in [-0.2, 0) is 9.47 Å². The summed E-state index contributed by atoms with van der Waals surface area (Å²) in [6, 6.07) is 55.1. The van der Waals surface area contributed by atoms with Crippen LogP contribution in [0.1, 0.15) is 34.5 Å². The van der Waals surface area contributed by atoms with E-state index < -0.39 is 18.4 Å². The van der Waals surface area contributed by atoms with Crippen LogP contribution < -0.4 is 10.4 Å². The minimum Gasteiger partial charge on any atom is -0.456 e. The molecule has 1 saturated heterocycles. The Morgan fingerprint density at radius 1 is 0.389 bits per heavy atom. The minimum atomic E-state index is -0.602. The first-order chi connectivity index (χ1) is 26.7. The van der Waals surface area contributed by atoms with Crippen LogP contribution in [0.2, 0.25) is 0 Å². The Morgan fingerprint density at radius 2 is 0.778 bits per heavy atom. The van der Waals surface area contributed by atoms with E-state index in [-0.39, 0.29) is 23.7 Å². The summed E-state index contributed by atoms with van der Waals surface area (Å²) in [5.41, 5.74) is 10.6. The average Bonchev–Trinajstić information content (AvgIpc) is 3.93. The Morgan fingerprint density at radius 3 is 1.24 bits per heavy atom. The summed E-state index contributed by atoms with van der Waals surface area (Å²) in [4.78, 5) is 13.2. The monoisotopic (exact) mass is 700 g/mol. The molecule has 0 N–H and O–H groups in total. The lowest BCUT2D eigenvalue weighted by Crippen LogP contribution is -2.57. The predicted molar refractivity (Wildman–Crippen MR) is 208 cm³/mol. The van der Waals surface area contributed by atoms with Crippen LogP contribution >= 0.6 is 0 Å². The highest BCUT2D eigenvalue weighted by Gasteiger charge is 2.65. The van der Waals surface area contributed by atoms with Crippen molar-refractivity contribution >= 4 is 39.2 Å². The van der Waals surface area contributed by atoms with Crippen LogP contribution in [0.25, 0.3) is 55.3 Å². The highest BCUT2D eigenvalue weighted by atomic mass is 16.8. The first-order valence-corrected chi connectivity index (χ1v) is 18.7. The number of carbonyl (C=O) groups excluding carboxylic acids is 1. The van der Waals surface area contributed by atoms with Crippen molar-refractivity contribution in [3.8, 4) is 22.3 Å². The molecule has 8 aromatic rings. The Labute approximate surface area is 310 Å². The van der Waals surface area contributed by atoms with Crippen molar-refractivity contribution in [3.05, 3.63) is 191 Å². The van der Waals surface area contributed by atoms with Gasteiger partial charge in [0.05, 0.1) is 0 Å². The van der Waals surface area contributed by atoms with E-state index in [1.165, 1.54) is 11.1 Å². The molecule has 0 spiro atoms. The van der Waals surface area contributed by atoms with E-state index in [1.807, 2.05) is 12.1 Å². The molecule has 1 saturated carbocycles. The van der Waals surface area contributed by atoms with Crippen LogP contribution in [0.3, 0.4) is 0 Å². The molecule has 5 aliphatic rings. The van der Waals surface area contributed by atoms with Crippen LogP contribution in [0, 0.1) is 11.8 Å². The summed E-state index contributed by atoms with van der Waals surface area (Å²) in [6.45, 7) is 0. The van der Waals surface area contributed by atoms with Gasteiger partial charge in [-0.2, -0.15) is 0 Å². The summed E-state index contributed by atoms with van der Waals surface area (Å²) in [5, 5.41) is 4.31. The molecule has 6 unspecified atom stereocenters. The van der Waals surface area contributed by atoms with Gasteiger partial charge >= 0.3 is 6.16 Å². The molecule has 0 radical (unpaired) electrons. The molecular formula is C49H32O5. The van der Waals surface area contributed by atoms with E-state index in [2.05, 4.69) is 146 Å². The van der Waals surface area contributed by atoms with Crippen molar-refractivity contribution < 1.29 is 23.1 Å². The van der Waals surface area contributed by atoms with E-state index in [0.29, 0.717) is 0 Å². The molecule has 4 aliphatic carbocycles. The van der Waals surface area contributed by atoms with Gasteiger partial charge in [-0.15, -0.1) is 0 Å². The van der Waals surface area contributed by atoms with E-state index in [4.69, 9.17) is 18.3 Å².